The Bertz CT molecular complexity index is 794. The number of hydrogen-bond donors (Lipinski definition) is 0. The van der Waals surface area contributed by atoms with Gasteiger partial charge in [-0.2, -0.15) is 0 Å². The predicted octanol–water partition coefficient (Wildman–Crippen LogP) is 3.89. The molecule has 2 aromatic carbocycles. The van der Waals surface area contributed by atoms with Crippen LogP contribution in [0, 0.1) is 0 Å². The molecule has 1 heterocycles. The lowest BCUT2D eigenvalue weighted by atomic mass is 10.1. The number of benzene rings is 2. The summed E-state index contributed by atoms with van der Waals surface area (Å²) in [5, 5.41) is 0.562. The summed E-state index contributed by atoms with van der Waals surface area (Å²) >= 11 is 6.09. The van der Waals surface area contributed by atoms with Gasteiger partial charge in [0.1, 0.15) is 5.75 Å². The molecule has 5 heteroatoms. The standard InChI is InChI=1S/C18H14ClNO3/c1-22-14-8-6-12(7-9-14)10-17-20-16(18(21)23-17)11-13-4-2-3-5-15(13)19/h2-9,11H,10H2,1H3/b16-11-. The maximum absolute atomic E-state index is 11.9. The lowest BCUT2D eigenvalue weighted by Crippen LogP contribution is -2.06. The van der Waals surface area contributed by atoms with Crippen molar-refractivity contribution in [2.24, 2.45) is 4.99 Å². The number of carbonyl (C=O) groups is 1. The van der Waals surface area contributed by atoms with Gasteiger partial charge in [-0.05, 0) is 35.4 Å². The first-order valence-corrected chi connectivity index (χ1v) is 7.42. The van der Waals surface area contributed by atoms with Gasteiger partial charge < -0.3 is 9.47 Å². The van der Waals surface area contributed by atoms with E-state index in [-0.39, 0.29) is 5.70 Å². The van der Waals surface area contributed by atoms with Crippen LogP contribution in [-0.4, -0.2) is 19.0 Å². The van der Waals surface area contributed by atoms with E-state index in [2.05, 4.69) is 4.99 Å². The first-order chi connectivity index (χ1) is 11.2. The highest BCUT2D eigenvalue weighted by molar-refractivity contribution is 6.32. The minimum absolute atomic E-state index is 0.251. The number of cyclic esters (lactones) is 1. The van der Waals surface area contributed by atoms with E-state index in [0.717, 1.165) is 16.9 Å². The van der Waals surface area contributed by atoms with Gasteiger partial charge >= 0.3 is 5.97 Å². The Morgan fingerprint density at radius 3 is 2.61 bits per heavy atom. The van der Waals surface area contributed by atoms with Crippen LogP contribution < -0.4 is 4.74 Å². The average Bonchev–Trinajstić information content (AvgIpc) is 2.90. The van der Waals surface area contributed by atoms with E-state index in [1.807, 2.05) is 42.5 Å². The van der Waals surface area contributed by atoms with Crippen molar-refractivity contribution in [1.29, 1.82) is 0 Å². The third-order valence-electron chi connectivity index (χ3n) is 3.38. The molecule has 3 rings (SSSR count). The van der Waals surface area contributed by atoms with Crippen LogP contribution in [0.1, 0.15) is 11.1 Å². The second kappa shape index (κ2) is 6.67. The minimum Gasteiger partial charge on any atom is -0.497 e. The first-order valence-electron chi connectivity index (χ1n) is 7.04. The first kappa shape index (κ1) is 15.3. The van der Waals surface area contributed by atoms with Crippen molar-refractivity contribution >= 4 is 29.5 Å². The number of rotatable bonds is 4. The zero-order valence-electron chi connectivity index (χ0n) is 12.5. The fourth-order valence-corrected chi connectivity index (χ4v) is 2.38. The summed E-state index contributed by atoms with van der Waals surface area (Å²) in [6, 6.07) is 14.8. The molecule has 0 saturated heterocycles. The number of esters is 1. The molecule has 23 heavy (non-hydrogen) atoms. The van der Waals surface area contributed by atoms with Crippen molar-refractivity contribution in [3.63, 3.8) is 0 Å². The van der Waals surface area contributed by atoms with Crippen LogP contribution in [0.25, 0.3) is 6.08 Å². The van der Waals surface area contributed by atoms with Crippen LogP contribution >= 0.6 is 11.6 Å². The summed E-state index contributed by atoms with van der Waals surface area (Å²) in [5.74, 6) is 0.685. The number of carbonyl (C=O) groups excluding carboxylic acids is 1. The number of nitrogens with zero attached hydrogens (tertiary/aromatic N) is 1. The minimum atomic E-state index is -0.464. The fourth-order valence-electron chi connectivity index (χ4n) is 2.19. The molecule has 0 unspecified atom stereocenters. The van der Waals surface area contributed by atoms with Crippen LogP contribution in [0.15, 0.2) is 59.2 Å². The lowest BCUT2D eigenvalue weighted by Gasteiger charge is -2.02. The van der Waals surface area contributed by atoms with E-state index in [4.69, 9.17) is 21.1 Å². The van der Waals surface area contributed by atoms with Gasteiger partial charge in [0.2, 0.25) is 5.90 Å². The van der Waals surface area contributed by atoms with Crippen molar-refractivity contribution in [2.45, 2.75) is 6.42 Å². The Hall–Kier alpha value is -2.59. The third kappa shape index (κ3) is 3.60. The van der Waals surface area contributed by atoms with E-state index in [9.17, 15) is 4.79 Å². The lowest BCUT2D eigenvalue weighted by molar-refractivity contribution is -0.130. The van der Waals surface area contributed by atoms with E-state index in [1.165, 1.54) is 0 Å². The van der Waals surface area contributed by atoms with Crippen LogP contribution in [0.2, 0.25) is 5.02 Å². The molecule has 2 aromatic rings. The van der Waals surface area contributed by atoms with Gasteiger partial charge in [0, 0.05) is 11.4 Å². The summed E-state index contributed by atoms with van der Waals surface area (Å²) in [6.07, 6.45) is 2.07. The molecular formula is C18H14ClNO3. The van der Waals surface area contributed by atoms with Crippen molar-refractivity contribution < 1.29 is 14.3 Å². The molecule has 0 amide bonds. The molecule has 0 atom stereocenters. The number of methoxy groups -OCH3 is 1. The normalized spacial score (nSPS) is 15.5. The second-order valence-corrected chi connectivity index (χ2v) is 5.38. The van der Waals surface area contributed by atoms with Gasteiger partial charge in [-0.15, -0.1) is 0 Å². The Kier molecular flexibility index (Phi) is 4.44. The number of halogens is 1. The quantitative estimate of drug-likeness (QED) is 0.632. The SMILES string of the molecule is COc1ccc(CC2=N/C(=C\c3ccccc3Cl)C(=O)O2)cc1. The highest BCUT2D eigenvalue weighted by Gasteiger charge is 2.23. The van der Waals surface area contributed by atoms with E-state index in [1.54, 1.807) is 19.3 Å². The Morgan fingerprint density at radius 1 is 1.17 bits per heavy atom. The van der Waals surface area contributed by atoms with Crippen molar-refractivity contribution in [3.8, 4) is 5.75 Å². The molecule has 1 aliphatic rings. The van der Waals surface area contributed by atoms with Crippen molar-refractivity contribution in [3.05, 3.63) is 70.4 Å². The molecule has 0 aliphatic carbocycles. The molecule has 0 spiro atoms. The Morgan fingerprint density at radius 2 is 1.91 bits per heavy atom. The molecule has 0 saturated carbocycles. The maximum atomic E-state index is 11.9. The third-order valence-corrected chi connectivity index (χ3v) is 3.72. The van der Waals surface area contributed by atoms with E-state index in [0.29, 0.717) is 17.3 Å². The van der Waals surface area contributed by atoms with Crippen LogP contribution in [0.4, 0.5) is 0 Å². The summed E-state index contributed by atoms with van der Waals surface area (Å²) in [6.45, 7) is 0. The van der Waals surface area contributed by atoms with Gasteiger partial charge in [-0.25, -0.2) is 9.79 Å². The molecule has 0 aromatic heterocycles. The van der Waals surface area contributed by atoms with Gasteiger partial charge in [-0.3, -0.25) is 0 Å². The van der Waals surface area contributed by atoms with Gasteiger partial charge in [0.25, 0.3) is 0 Å². The van der Waals surface area contributed by atoms with Crippen molar-refractivity contribution in [2.75, 3.05) is 7.11 Å². The van der Waals surface area contributed by atoms with E-state index >= 15 is 0 Å². The van der Waals surface area contributed by atoms with Crippen molar-refractivity contribution in [1.82, 2.24) is 0 Å². The summed E-state index contributed by atoms with van der Waals surface area (Å²) in [4.78, 5) is 16.2. The van der Waals surface area contributed by atoms with Gasteiger partial charge in [0.15, 0.2) is 5.70 Å². The largest absolute Gasteiger partial charge is 0.497 e. The number of ether oxygens (including phenoxy) is 2. The number of aliphatic imine (C=N–C) groups is 1. The highest BCUT2D eigenvalue weighted by Crippen LogP contribution is 2.22. The van der Waals surface area contributed by atoms with E-state index < -0.39 is 5.97 Å². The monoisotopic (exact) mass is 327 g/mol. The van der Waals surface area contributed by atoms with Crippen LogP contribution in [0.5, 0.6) is 5.75 Å². The molecule has 116 valence electrons. The van der Waals surface area contributed by atoms with Crippen LogP contribution in [0.3, 0.4) is 0 Å². The molecule has 0 bridgehead atoms. The van der Waals surface area contributed by atoms with Gasteiger partial charge in [0.05, 0.1) is 7.11 Å². The zero-order chi connectivity index (χ0) is 16.2. The predicted molar refractivity (Wildman–Crippen MR) is 89.7 cm³/mol. The zero-order valence-corrected chi connectivity index (χ0v) is 13.2. The van der Waals surface area contributed by atoms with Gasteiger partial charge in [-0.1, -0.05) is 41.9 Å². The number of hydrogen-bond acceptors (Lipinski definition) is 4. The van der Waals surface area contributed by atoms with Crippen LogP contribution in [-0.2, 0) is 16.0 Å². The summed E-state index contributed by atoms with van der Waals surface area (Å²) in [5.41, 5.74) is 1.97. The molecule has 4 nitrogen and oxygen atoms in total. The topological polar surface area (TPSA) is 47.9 Å². The average molecular weight is 328 g/mol. The fraction of sp³-hybridized carbons (Fsp3) is 0.111. The molecular weight excluding hydrogens is 314 g/mol. The Balaban J connectivity index is 1.79. The molecule has 0 fully saturated rings. The molecule has 0 N–H and O–H groups in total. The molecule has 0 radical (unpaired) electrons. The summed E-state index contributed by atoms with van der Waals surface area (Å²) in [7, 11) is 1.61. The highest BCUT2D eigenvalue weighted by atomic mass is 35.5. The Labute approximate surface area is 139 Å². The molecule has 1 aliphatic heterocycles. The second-order valence-electron chi connectivity index (χ2n) is 4.97. The maximum Gasteiger partial charge on any atom is 0.363 e. The smallest absolute Gasteiger partial charge is 0.363 e. The summed E-state index contributed by atoms with van der Waals surface area (Å²) < 4.78 is 10.3.